The van der Waals surface area contributed by atoms with Gasteiger partial charge in [-0.15, -0.1) is 0 Å². The van der Waals surface area contributed by atoms with Gasteiger partial charge in [0.25, 0.3) is 0 Å². The molecule has 0 aliphatic carbocycles. The molecule has 0 saturated carbocycles. The first-order chi connectivity index (χ1) is 14.5. The van der Waals surface area contributed by atoms with Crippen LogP contribution in [0.15, 0.2) is 60.7 Å². The van der Waals surface area contributed by atoms with Gasteiger partial charge >= 0.3 is 0 Å². The summed E-state index contributed by atoms with van der Waals surface area (Å²) in [5.74, 6) is 0.767. The van der Waals surface area contributed by atoms with Crippen molar-refractivity contribution < 1.29 is 9.53 Å². The highest BCUT2D eigenvalue weighted by molar-refractivity contribution is 6.33. The Kier molecular flexibility index (Phi) is 5.67. The van der Waals surface area contributed by atoms with E-state index < -0.39 is 0 Å². The molecule has 0 radical (unpaired) electrons. The summed E-state index contributed by atoms with van der Waals surface area (Å²) in [5, 5.41) is 10.1. The van der Waals surface area contributed by atoms with Gasteiger partial charge < -0.3 is 9.64 Å². The topological polar surface area (TPSA) is 53.3 Å². The van der Waals surface area contributed by atoms with E-state index in [-0.39, 0.29) is 17.6 Å². The van der Waals surface area contributed by atoms with Crippen LogP contribution in [0, 0.1) is 18.3 Å². The molecule has 30 heavy (non-hydrogen) atoms. The Hall–Kier alpha value is -3.00. The molecule has 6 heteroatoms. The molecule has 1 atom stereocenters. The minimum absolute atomic E-state index is 0.0140. The summed E-state index contributed by atoms with van der Waals surface area (Å²) < 4.78 is 5.93. The van der Waals surface area contributed by atoms with Crippen LogP contribution >= 0.6 is 23.2 Å². The summed E-state index contributed by atoms with van der Waals surface area (Å²) >= 11 is 12.6. The number of rotatable bonds is 4. The van der Waals surface area contributed by atoms with E-state index in [1.807, 2.05) is 43.3 Å². The lowest BCUT2D eigenvalue weighted by molar-refractivity contribution is -0.117. The van der Waals surface area contributed by atoms with Crippen molar-refractivity contribution in [2.24, 2.45) is 0 Å². The maximum Gasteiger partial charge on any atom is 0.227 e. The first kappa shape index (κ1) is 20.3. The average molecular weight is 437 g/mol. The van der Waals surface area contributed by atoms with Crippen LogP contribution in [0.5, 0.6) is 11.5 Å². The van der Waals surface area contributed by atoms with Crippen molar-refractivity contribution in [3.63, 3.8) is 0 Å². The minimum Gasteiger partial charge on any atom is -0.453 e. The van der Waals surface area contributed by atoms with Crippen molar-refractivity contribution >= 4 is 34.8 Å². The summed E-state index contributed by atoms with van der Waals surface area (Å²) in [6.07, 6.45) is 0.407. The molecule has 3 aromatic rings. The summed E-state index contributed by atoms with van der Waals surface area (Å²) in [4.78, 5) is 14.4. The van der Waals surface area contributed by atoms with Gasteiger partial charge in [0.2, 0.25) is 5.91 Å². The number of para-hydroxylation sites is 1. The van der Waals surface area contributed by atoms with Gasteiger partial charge in [0, 0.05) is 24.6 Å². The van der Waals surface area contributed by atoms with Crippen molar-refractivity contribution in [3.05, 3.63) is 87.4 Å². The number of nitriles is 1. The third kappa shape index (κ3) is 4.00. The second-order valence-electron chi connectivity index (χ2n) is 7.26. The van der Waals surface area contributed by atoms with Crippen LogP contribution in [-0.4, -0.2) is 12.5 Å². The lowest BCUT2D eigenvalue weighted by atomic mass is 9.98. The number of hydrogen-bond acceptors (Lipinski definition) is 3. The Morgan fingerprint density at radius 3 is 2.57 bits per heavy atom. The first-order valence-corrected chi connectivity index (χ1v) is 10.2. The fraction of sp³-hybridized carbons (Fsp3) is 0.167. The number of nitrogens with zero attached hydrogens (tertiary/aromatic N) is 2. The molecule has 0 N–H and O–H groups in total. The smallest absolute Gasteiger partial charge is 0.227 e. The molecule has 1 aliphatic rings. The second-order valence-corrected chi connectivity index (χ2v) is 8.08. The molecule has 1 saturated heterocycles. The number of ether oxygens (including phenoxy) is 1. The van der Waals surface area contributed by atoms with Gasteiger partial charge in [-0.05, 0) is 48.9 Å². The van der Waals surface area contributed by atoms with Crippen LogP contribution in [0.4, 0.5) is 5.69 Å². The van der Waals surface area contributed by atoms with E-state index in [1.54, 1.807) is 29.2 Å². The largest absolute Gasteiger partial charge is 0.453 e. The van der Waals surface area contributed by atoms with Crippen LogP contribution in [0.25, 0.3) is 0 Å². The van der Waals surface area contributed by atoms with Crippen LogP contribution in [0.2, 0.25) is 10.0 Å². The van der Waals surface area contributed by atoms with Crippen molar-refractivity contribution in [2.45, 2.75) is 19.3 Å². The quantitative estimate of drug-likeness (QED) is 0.469. The third-order valence-corrected chi connectivity index (χ3v) is 5.81. The molecule has 0 spiro atoms. The zero-order valence-corrected chi connectivity index (χ0v) is 17.7. The summed E-state index contributed by atoms with van der Waals surface area (Å²) in [6, 6.07) is 20.5. The van der Waals surface area contributed by atoms with E-state index in [1.165, 1.54) is 0 Å². The Morgan fingerprint density at radius 1 is 1.07 bits per heavy atom. The standard InChI is InChI=1S/C24H18Cl2N2O2/c1-15-5-8-19(9-6-15)28-14-18(12-23(28)29)16-7-10-20(25)22(11-16)30-24-17(13-27)3-2-4-21(24)26/h2-11,18H,12,14H2,1H3. The van der Waals surface area contributed by atoms with Gasteiger partial charge in [-0.25, -0.2) is 0 Å². The molecular formula is C24H18Cl2N2O2. The van der Waals surface area contributed by atoms with E-state index in [4.69, 9.17) is 27.9 Å². The van der Waals surface area contributed by atoms with Crippen LogP contribution in [-0.2, 0) is 4.79 Å². The zero-order chi connectivity index (χ0) is 21.3. The van der Waals surface area contributed by atoms with Gasteiger partial charge in [0.1, 0.15) is 11.8 Å². The number of carbonyl (C=O) groups is 1. The maximum absolute atomic E-state index is 12.6. The molecule has 3 aromatic carbocycles. The van der Waals surface area contributed by atoms with Crippen LogP contribution in [0.3, 0.4) is 0 Å². The summed E-state index contributed by atoms with van der Waals surface area (Å²) in [6.45, 7) is 2.60. The van der Waals surface area contributed by atoms with Gasteiger partial charge in [0.15, 0.2) is 5.75 Å². The highest BCUT2D eigenvalue weighted by Gasteiger charge is 2.32. The van der Waals surface area contributed by atoms with Crippen LogP contribution < -0.4 is 9.64 Å². The van der Waals surface area contributed by atoms with Gasteiger partial charge in [-0.1, -0.05) is 53.0 Å². The number of anilines is 1. The predicted molar refractivity (Wildman–Crippen MR) is 119 cm³/mol. The monoisotopic (exact) mass is 436 g/mol. The van der Waals surface area contributed by atoms with Crippen molar-refractivity contribution in [2.75, 3.05) is 11.4 Å². The summed E-state index contributed by atoms with van der Waals surface area (Å²) in [7, 11) is 0. The van der Waals surface area contributed by atoms with Crippen molar-refractivity contribution in [1.82, 2.24) is 0 Å². The molecule has 1 fully saturated rings. The lowest BCUT2D eigenvalue weighted by Gasteiger charge is -2.18. The Morgan fingerprint density at radius 2 is 1.83 bits per heavy atom. The normalized spacial score (nSPS) is 15.9. The molecule has 1 unspecified atom stereocenters. The number of carbonyl (C=O) groups excluding carboxylic acids is 1. The van der Waals surface area contributed by atoms with E-state index in [0.717, 1.165) is 16.8 Å². The molecule has 150 valence electrons. The predicted octanol–water partition coefficient (Wildman–Crippen LogP) is 6.49. The molecule has 0 aromatic heterocycles. The SMILES string of the molecule is Cc1ccc(N2CC(c3ccc(Cl)c(Oc4c(Cl)cccc4C#N)c3)CC2=O)cc1. The van der Waals surface area contributed by atoms with Gasteiger partial charge in [0.05, 0.1) is 15.6 Å². The zero-order valence-electron chi connectivity index (χ0n) is 16.2. The fourth-order valence-electron chi connectivity index (χ4n) is 3.57. The second kappa shape index (κ2) is 8.39. The van der Waals surface area contributed by atoms with Gasteiger partial charge in [-0.3, -0.25) is 4.79 Å². The van der Waals surface area contributed by atoms with Crippen molar-refractivity contribution in [3.8, 4) is 17.6 Å². The number of halogens is 2. The minimum atomic E-state index is 0.0140. The first-order valence-electron chi connectivity index (χ1n) is 9.49. The molecule has 0 bridgehead atoms. The molecule has 1 heterocycles. The molecule has 1 aliphatic heterocycles. The number of hydrogen-bond donors (Lipinski definition) is 0. The average Bonchev–Trinajstić information content (AvgIpc) is 3.13. The highest BCUT2D eigenvalue weighted by atomic mass is 35.5. The van der Waals surface area contributed by atoms with Crippen LogP contribution in [0.1, 0.15) is 29.0 Å². The number of benzene rings is 3. The van der Waals surface area contributed by atoms with E-state index in [9.17, 15) is 10.1 Å². The lowest BCUT2D eigenvalue weighted by Crippen LogP contribution is -2.24. The van der Waals surface area contributed by atoms with Crippen molar-refractivity contribution in [1.29, 1.82) is 5.26 Å². The van der Waals surface area contributed by atoms with E-state index in [2.05, 4.69) is 6.07 Å². The fourth-order valence-corrected chi connectivity index (χ4v) is 3.94. The van der Waals surface area contributed by atoms with E-state index in [0.29, 0.717) is 34.3 Å². The van der Waals surface area contributed by atoms with E-state index >= 15 is 0 Å². The molecule has 4 rings (SSSR count). The summed E-state index contributed by atoms with van der Waals surface area (Å²) in [5.41, 5.74) is 3.32. The highest BCUT2D eigenvalue weighted by Crippen LogP contribution is 2.39. The number of aryl methyl sites for hydroxylation is 1. The Labute approximate surface area is 185 Å². The number of amides is 1. The third-order valence-electron chi connectivity index (χ3n) is 5.20. The van der Waals surface area contributed by atoms with Gasteiger partial charge in [-0.2, -0.15) is 5.26 Å². The Bertz CT molecular complexity index is 1150. The maximum atomic E-state index is 12.6. The molecule has 4 nitrogen and oxygen atoms in total. The Balaban J connectivity index is 1.61. The molecular weight excluding hydrogens is 419 g/mol. The molecule has 1 amide bonds.